The fourth-order valence-corrected chi connectivity index (χ4v) is 5.15. The number of benzene rings is 2. The zero-order valence-electron chi connectivity index (χ0n) is 20.1. The molecule has 32 heavy (non-hydrogen) atoms. The van der Waals surface area contributed by atoms with Gasteiger partial charge in [0.2, 0.25) is 0 Å². The van der Waals surface area contributed by atoms with Gasteiger partial charge in [0.1, 0.15) is 9.92 Å². The van der Waals surface area contributed by atoms with Gasteiger partial charge in [-0.25, -0.2) is 9.35 Å². The summed E-state index contributed by atoms with van der Waals surface area (Å²) < 4.78 is 17.2. The van der Waals surface area contributed by atoms with Gasteiger partial charge in [0.15, 0.2) is 0 Å². The van der Waals surface area contributed by atoms with Gasteiger partial charge in [-0.05, 0) is 78.9 Å². The van der Waals surface area contributed by atoms with Crippen LogP contribution in [0.15, 0.2) is 39.6 Å². The van der Waals surface area contributed by atoms with E-state index < -0.39 is 15.8 Å². The van der Waals surface area contributed by atoms with E-state index in [1.165, 1.54) is 0 Å². The molecule has 2 aromatic rings. The van der Waals surface area contributed by atoms with Crippen LogP contribution in [0.3, 0.4) is 0 Å². The lowest BCUT2D eigenvalue weighted by molar-refractivity contribution is -0.117. The smallest absolute Gasteiger partial charge is 0.259 e. The molecule has 1 atom stereocenters. The molecule has 0 bridgehead atoms. The first-order chi connectivity index (χ1) is 14.9. The zero-order valence-corrected chi connectivity index (χ0v) is 20.9. The monoisotopic (exact) mass is 454 g/mol. The van der Waals surface area contributed by atoms with Gasteiger partial charge in [0, 0.05) is 6.54 Å². The average molecular weight is 455 g/mol. The third kappa shape index (κ3) is 6.26. The largest absolute Gasteiger partial charge is 0.305 e. The van der Waals surface area contributed by atoms with Crippen LogP contribution in [-0.4, -0.2) is 29.1 Å². The Morgan fingerprint density at radius 1 is 1.12 bits per heavy atom. The number of aryl methyl sites for hydroxylation is 1. The summed E-state index contributed by atoms with van der Waals surface area (Å²) in [5.41, 5.74) is 5.10. The molecule has 1 amide bonds. The molecule has 0 aliphatic rings. The fourth-order valence-electron chi connectivity index (χ4n) is 3.90. The summed E-state index contributed by atoms with van der Waals surface area (Å²) in [4.78, 5) is 15.3. The van der Waals surface area contributed by atoms with E-state index in [0.29, 0.717) is 10.5 Å². The molecule has 0 heterocycles. The van der Waals surface area contributed by atoms with Crippen molar-refractivity contribution in [1.82, 2.24) is 4.90 Å². The van der Waals surface area contributed by atoms with Crippen LogP contribution in [0.4, 0.5) is 0 Å². The molecule has 0 radical (unpaired) electrons. The Balaban J connectivity index is 2.47. The Morgan fingerprint density at radius 2 is 1.69 bits per heavy atom. The molecule has 2 aromatic carbocycles. The van der Waals surface area contributed by atoms with Crippen LogP contribution in [0.5, 0.6) is 0 Å². The van der Waals surface area contributed by atoms with Crippen molar-refractivity contribution in [3.8, 4) is 6.07 Å². The van der Waals surface area contributed by atoms with Crippen LogP contribution in [0.2, 0.25) is 0 Å². The van der Waals surface area contributed by atoms with Gasteiger partial charge in [0.25, 0.3) is 5.91 Å². The van der Waals surface area contributed by atoms with Gasteiger partial charge in [-0.2, -0.15) is 5.26 Å². The van der Waals surface area contributed by atoms with E-state index >= 15 is 0 Å². The molecule has 0 fully saturated rings. The summed E-state index contributed by atoms with van der Waals surface area (Å²) in [6.45, 7) is 10.7. The maximum Gasteiger partial charge on any atom is 0.259 e. The minimum atomic E-state index is -3.38. The summed E-state index contributed by atoms with van der Waals surface area (Å²) in [5.74, 6) is -0.280. The standard InChI is InChI=1S/C25H34N4O2S/c1-16(2)21-11-20(14-26)12-22(17(3)4)23(21)13-25(30)28-32(27,31)24-9-8-19(10-18(24)5)15-29(6)7/h8-12,16-17H,13,15H2,1-7H3,(H2,27,28,30,31). The molecule has 2 rings (SSSR count). The van der Waals surface area contributed by atoms with Gasteiger partial charge in [-0.15, -0.1) is 4.36 Å². The van der Waals surface area contributed by atoms with Crippen LogP contribution in [0, 0.1) is 18.3 Å². The number of hydrogen-bond acceptors (Lipinski definition) is 4. The lowest BCUT2D eigenvalue weighted by Gasteiger charge is -2.19. The van der Waals surface area contributed by atoms with E-state index in [1.807, 2.05) is 77.9 Å². The van der Waals surface area contributed by atoms with Crippen LogP contribution in [0.1, 0.15) is 72.9 Å². The lowest BCUT2D eigenvalue weighted by Crippen LogP contribution is -2.18. The topological polar surface area (TPSA) is 99.5 Å². The lowest BCUT2D eigenvalue weighted by atomic mass is 9.85. The number of nitrogens with zero attached hydrogens (tertiary/aromatic N) is 3. The first-order valence-electron chi connectivity index (χ1n) is 10.7. The highest BCUT2D eigenvalue weighted by atomic mass is 32.2. The summed E-state index contributed by atoms with van der Waals surface area (Å²) in [6, 6.07) is 11.3. The van der Waals surface area contributed by atoms with Crippen molar-refractivity contribution in [3.05, 3.63) is 63.7 Å². The summed E-state index contributed by atoms with van der Waals surface area (Å²) in [6.07, 6.45) is -0.00130. The Morgan fingerprint density at radius 3 is 2.12 bits per heavy atom. The Labute approximate surface area is 192 Å². The number of amides is 1. The van der Waals surface area contributed by atoms with Crippen molar-refractivity contribution in [1.29, 1.82) is 5.26 Å². The predicted molar refractivity (Wildman–Crippen MR) is 130 cm³/mol. The van der Waals surface area contributed by atoms with Gasteiger partial charge < -0.3 is 4.90 Å². The second-order valence-electron chi connectivity index (χ2n) is 9.12. The van der Waals surface area contributed by atoms with Crippen molar-refractivity contribution in [2.24, 2.45) is 9.50 Å². The minimum Gasteiger partial charge on any atom is -0.305 e. The summed E-state index contributed by atoms with van der Waals surface area (Å²) in [7, 11) is 0.576. The van der Waals surface area contributed by atoms with Gasteiger partial charge in [0.05, 0.1) is 22.9 Å². The number of carbonyl (C=O) groups is 1. The molecule has 0 saturated carbocycles. The van der Waals surface area contributed by atoms with Crippen molar-refractivity contribution in [3.63, 3.8) is 0 Å². The average Bonchev–Trinajstić information content (AvgIpc) is 2.66. The minimum absolute atomic E-state index is 0.00130. The fraction of sp³-hybridized carbons (Fsp3) is 0.440. The Kier molecular flexibility index (Phi) is 8.35. The zero-order chi connectivity index (χ0) is 24.2. The number of carbonyl (C=O) groups excluding carboxylic acids is 1. The quantitative estimate of drug-likeness (QED) is 0.658. The highest BCUT2D eigenvalue weighted by molar-refractivity contribution is 7.91. The van der Waals surface area contributed by atoms with E-state index in [1.54, 1.807) is 6.07 Å². The van der Waals surface area contributed by atoms with E-state index in [9.17, 15) is 14.3 Å². The molecule has 1 unspecified atom stereocenters. The van der Waals surface area contributed by atoms with Crippen LogP contribution in [0.25, 0.3) is 0 Å². The van der Waals surface area contributed by atoms with Crippen molar-refractivity contribution < 1.29 is 9.00 Å². The Bertz CT molecular complexity index is 1140. The van der Waals surface area contributed by atoms with E-state index in [2.05, 4.69) is 10.4 Å². The molecule has 0 aliphatic heterocycles. The normalized spacial score (nSPS) is 13.3. The molecule has 0 spiro atoms. The second-order valence-corrected chi connectivity index (χ2v) is 10.9. The van der Waals surface area contributed by atoms with Crippen LogP contribution in [-0.2, 0) is 27.7 Å². The van der Waals surface area contributed by atoms with E-state index in [4.69, 9.17) is 5.14 Å². The van der Waals surface area contributed by atoms with Crippen molar-refractivity contribution in [2.75, 3.05) is 14.1 Å². The molecule has 6 nitrogen and oxygen atoms in total. The van der Waals surface area contributed by atoms with E-state index in [-0.39, 0.29) is 18.3 Å². The molecule has 7 heteroatoms. The molecule has 2 N–H and O–H groups in total. The van der Waals surface area contributed by atoms with Gasteiger partial charge in [-0.1, -0.05) is 39.8 Å². The number of hydrogen-bond donors (Lipinski definition) is 1. The first kappa shape index (κ1) is 25.7. The maximum atomic E-state index is 13.2. The molecular weight excluding hydrogens is 420 g/mol. The van der Waals surface area contributed by atoms with Gasteiger partial charge in [-0.3, -0.25) is 4.79 Å². The first-order valence-corrected chi connectivity index (χ1v) is 12.3. The summed E-state index contributed by atoms with van der Waals surface area (Å²) >= 11 is 0. The second kappa shape index (κ2) is 10.4. The molecular formula is C25H34N4O2S. The van der Waals surface area contributed by atoms with E-state index in [0.717, 1.165) is 34.4 Å². The molecule has 0 saturated heterocycles. The molecule has 0 aromatic heterocycles. The Hall–Kier alpha value is -2.53. The molecule has 172 valence electrons. The molecule has 0 aliphatic carbocycles. The highest BCUT2D eigenvalue weighted by Crippen LogP contribution is 2.30. The number of nitrogens with two attached hydrogens (primary N) is 1. The number of rotatable bonds is 7. The van der Waals surface area contributed by atoms with Gasteiger partial charge >= 0.3 is 0 Å². The van der Waals surface area contributed by atoms with Crippen LogP contribution < -0.4 is 5.14 Å². The number of nitriles is 1. The van der Waals surface area contributed by atoms with Crippen LogP contribution >= 0.6 is 0 Å². The van der Waals surface area contributed by atoms with Crippen molar-refractivity contribution >= 4 is 15.8 Å². The summed E-state index contributed by atoms with van der Waals surface area (Å²) in [5, 5.41) is 15.5. The van der Waals surface area contributed by atoms with Crippen molar-refractivity contribution in [2.45, 2.75) is 64.3 Å². The predicted octanol–water partition coefficient (Wildman–Crippen LogP) is 4.65. The highest BCUT2D eigenvalue weighted by Gasteiger charge is 2.20. The third-order valence-electron chi connectivity index (χ3n) is 5.31. The third-order valence-corrected chi connectivity index (χ3v) is 6.87. The maximum absolute atomic E-state index is 13.2. The SMILES string of the molecule is Cc1cc(CN(C)C)ccc1S(N)(=O)=NC(=O)Cc1c(C(C)C)cc(C#N)cc1C(C)C.